The fourth-order valence-electron chi connectivity index (χ4n) is 1.57. The summed E-state index contributed by atoms with van der Waals surface area (Å²) in [6, 6.07) is 1.72. The summed E-state index contributed by atoms with van der Waals surface area (Å²) >= 11 is 11.0. The van der Waals surface area contributed by atoms with Crippen LogP contribution in [-0.4, -0.2) is 35.8 Å². The number of sulfonamides is 1. The Morgan fingerprint density at radius 2 is 2.33 bits per heavy atom. The molecule has 18 heavy (non-hydrogen) atoms. The molecule has 0 saturated carbocycles. The Morgan fingerprint density at radius 3 is 3.00 bits per heavy atom. The first-order valence-corrected chi connectivity index (χ1v) is 7.73. The quantitative estimate of drug-likeness (QED) is 0.834. The standard InChI is InChI=1S/C9H11ClN4O2S2/c1-18(15,16)12-2-3-14-8-7(13-9(14)17)4-6(10)5-11-8/h4-5,12H,2-3H2,1H3,(H,13,17). The molecule has 0 radical (unpaired) electrons. The third kappa shape index (κ3) is 3.08. The van der Waals surface area contributed by atoms with Gasteiger partial charge in [-0.15, -0.1) is 0 Å². The molecule has 0 aliphatic rings. The minimum atomic E-state index is -3.20. The number of imidazole rings is 1. The van der Waals surface area contributed by atoms with E-state index >= 15 is 0 Å². The van der Waals surface area contributed by atoms with Gasteiger partial charge in [-0.25, -0.2) is 18.1 Å². The normalized spacial score (nSPS) is 12.1. The molecule has 2 aromatic heterocycles. The Kier molecular flexibility index (Phi) is 3.71. The third-order valence-electron chi connectivity index (χ3n) is 2.28. The van der Waals surface area contributed by atoms with Crippen molar-refractivity contribution in [2.75, 3.05) is 12.8 Å². The molecular formula is C9H11ClN4O2S2. The molecule has 2 aromatic rings. The summed E-state index contributed by atoms with van der Waals surface area (Å²) in [4.78, 5) is 7.14. The predicted octanol–water partition coefficient (Wildman–Crippen LogP) is 1.30. The summed E-state index contributed by atoms with van der Waals surface area (Å²) in [6.07, 6.45) is 2.63. The number of nitrogens with one attached hydrogen (secondary N) is 2. The number of fused-ring (bicyclic) bond motifs is 1. The molecule has 0 unspecified atom stereocenters. The van der Waals surface area contributed by atoms with Gasteiger partial charge in [-0.3, -0.25) is 0 Å². The SMILES string of the molecule is CS(=O)(=O)NCCn1c(=S)[nH]c2cc(Cl)cnc21. The van der Waals surface area contributed by atoms with Gasteiger partial charge in [0.05, 0.1) is 16.8 Å². The molecule has 0 aliphatic heterocycles. The van der Waals surface area contributed by atoms with E-state index in [1.807, 2.05) is 0 Å². The van der Waals surface area contributed by atoms with Gasteiger partial charge in [-0.05, 0) is 18.3 Å². The van der Waals surface area contributed by atoms with Crippen molar-refractivity contribution in [3.63, 3.8) is 0 Å². The zero-order valence-electron chi connectivity index (χ0n) is 9.47. The number of nitrogens with zero attached hydrogens (tertiary/aromatic N) is 2. The third-order valence-corrected chi connectivity index (χ3v) is 3.53. The smallest absolute Gasteiger partial charge is 0.208 e. The minimum absolute atomic E-state index is 0.254. The summed E-state index contributed by atoms with van der Waals surface area (Å²) in [5, 5.41) is 0.514. The molecular weight excluding hydrogens is 296 g/mol. The van der Waals surface area contributed by atoms with Crippen molar-refractivity contribution in [2.45, 2.75) is 6.54 Å². The fourth-order valence-corrected chi connectivity index (χ4v) is 2.48. The Hall–Kier alpha value is -0.960. The first-order valence-electron chi connectivity index (χ1n) is 5.05. The van der Waals surface area contributed by atoms with Crippen molar-refractivity contribution in [2.24, 2.45) is 0 Å². The maximum Gasteiger partial charge on any atom is 0.208 e. The van der Waals surface area contributed by atoms with Gasteiger partial charge in [0.25, 0.3) is 0 Å². The van der Waals surface area contributed by atoms with Crippen LogP contribution in [0, 0.1) is 4.77 Å². The molecule has 2 rings (SSSR count). The van der Waals surface area contributed by atoms with Crippen LogP contribution in [0.3, 0.4) is 0 Å². The van der Waals surface area contributed by atoms with E-state index in [1.54, 1.807) is 10.6 Å². The predicted molar refractivity (Wildman–Crippen MR) is 72.8 cm³/mol. The van der Waals surface area contributed by atoms with Crippen molar-refractivity contribution >= 4 is 45.0 Å². The van der Waals surface area contributed by atoms with E-state index in [2.05, 4.69) is 14.7 Å². The molecule has 98 valence electrons. The van der Waals surface area contributed by atoms with Gasteiger partial charge in [0.1, 0.15) is 0 Å². The summed E-state index contributed by atoms with van der Waals surface area (Å²) in [5.41, 5.74) is 1.38. The van der Waals surface area contributed by atoms with Gasteiger partial charge >= 0.3 is 0 Å². The number of hydrogen-bond acceptors (Lipinski definition) is 4. The highest BCUT2D eigenvalue weighted by molar-refractivity contribution is 7.88. The van der Waals surface area contributed by atoms with E-state index in [0.29, 0.717) is 22.0 Å². The van der Waals surface area contributed by atoms with Crippen LogP contribution in [-0.2, 0) is 16.6 Å². The molecule has 6 nitrogen and oxygen atoms in total. The second-order valence-corrected chi connectivity index (χ2v) is 6.43. The van der Waals surface area contributed by atoms with Gasteiger partial charge in [-0.1, -0.05) is 11.6 Å². The van der Waals surface area contributed by atoms with E-state index in [-0.39, 0.29) is 6.54 Å². The first-order chi connectivity index (χ1) is 8.37. The molecule has 0 bridgehead atoms. The van der Waals surface area contributed by atoms with Gasteiger partial charge in [-0.2, -0.15) is 0 Å². The van der Waals surface area contributed by atoms with Crippen LogP contribution in [0.1, 0.15) is 0 Å². The van der Waals surface area contributed by atoms with Crippen molar-refractivity contribution in [1.29, 1.82) is 0 Å². The second-order valence-electron chi connectivity index (χ2n) is 3.77. The lowest BCUT2D eigenvalue weighted by Crippen LogP contribution is -2.26. The van der Waals surface area contributed by atoms with Crippen LogP contribution in [0.2, 0.25) is 5.02 Å². The largest absolute Gasteiger partial charge is 0.329 e. The van der Waals surface area contributed by atoms with Crippen LogP contribution >= 0.6 is 23.8 Å². The summed E-state index contributed by atoms with van der Waals surface area (Å²) in [6.45, 7) is 0.658. The van der Waals surface area contributed by atoms with Gasteiger partial charge in [0, 0.05) is 19.3 Å². The summed E-state index contributed by atoms with van der Waals surface area (Å²) in [5.74, 6) is 0. The van der Waals surface area contributed by atoms with E-state index in [1.165, 1.54) is 6.20 Å². The summed E-state index contributed by atoms with van der Waals surface area (Å²) in [7, 11) is -3.20. The Balaban J connectivity index is 2.28. The second kappa shape index (κ2) is 4.96. The zero-order chi connectivity index (χ0) is 13.3. The monoisotopic (exact) mass is 306 g/mol. The van der Waals surface area contributed by atoms with Crippen molar-refractivity contribution in [3.8, 4) is 0 Å². The number of pyridine rings is 1. The highest BCUT2D eigenvalue weighted by Crippen LogP contribution is 2.15. The van der Waals surface area contributed by atoms with E-state index in [0.717, 1.165) is 11.8 Å². The number of halogens is 1. The maximum atomic E-state index is 11.0. The van der Waals surface area contributed by atoms with Crippen LogP contribution in [0.4, 0.5) is 0 Å². The van der Waals surface area contributed by atoms with Crippen LogP contribution < -0.4 is 4.72 Å². The highest BCUT2D eigenvalue weighted by atomic mass is 35.5. The molecule has 0 amide bonds. The van der Waals surface area contributed by atoms with Crippen molar-refractivity contribution in [1.82, 2.24) is 19.3 Å². The Labute approximate surface area is 114 Å². The van der Waals surface area contributed by atoms with Crippen molar-refractivity contribution < 1.29 is 8.42 Å². The van der Waals surface area contributed by atoms with Crippen molar-refractivity contribution in [3.05, 3.63) is 22.1 Å². The Bertz CT molecular complexity index is 735. The van der Waals surface area contributed by atoms with Crippen LogP contribution in [0.25, 0.3) is 11.2 Å². The number of aromatic nitrogens is 3. The number of rotatable bonds is 4. The van der Waals surface area contributed by atoms with Gasteiger partial charge in [0.2, 0.25) is 10.0 Å². The lowest BCUT2D eigenvalue weighted by molar-refractivity contribution is 0.579. The molecule has 0 atom stereocenters. The molecule has 2 N–H and O–H groups in total. The van der Waals surface area contributed by atoms with E-state index in [4.69, 9.17) is 23.8 Å². The number of H-pyrrole nitrogens is 1. The van der Waals surface area contributed by atoms with Crippen LogP contribution in [0.5, 0.6) is 0 Å². The molecule has 2 heterocycles. The lowest BCUT2D eigenvalue weighted by Gasteiger charge is -2.04. The van der Waals surface area contributed by atoms with Gasteiger partial charge < -0.3 is 9.55 Å². The number of hydrogen-bond donors (Lipinski definition) is 2. The Morgan fingerprint density at radius 1 is 1.61 bits per heavy atom. The minimum Gasteiger partial charge on any atom is -0.329 e. The maximum absolute atomic E-state index is 11.0. The molecule has 0 spiro atoms. The van der Waals surface area contributed by atoms with E-state index < -0.39 is 10.0 Å². The molecule has 0 aliphatic carbocycles. The molecule has 0 aromatic carbocycles. The molecule has 0 fully saturated rings. The highest BCUT2D eigenvalue weighted by Gasteiger charge is 2.07. The molecule has 0 saturated heterocycles. The zero-order valence-corrected chi connectivity index (χ0v) is 11.9. The van der Waals surface area contributed by atoms with Crippen LogP contribution in [0.15, 0.2) is 12.3 Å². The average Bonchev–Trinajstić information content (AvgIpc) is 2.52. The fraction of sp³-hybridized carbons (Fsp3) is 0.333. The molecule has 9 heteroatoms. The number of aromatic amines is 1. The lowest BCUT2D eigenvalue weighted by atomic mass is 10.4. The summed E-state index contributed by atoms with van der Waals surface area (Å²) < 4.78 is 26.5. The van der Waals surface area contributed by atoms with E-state index in [9.17, 15) is 8.42 Å². The van der Waals surface area contributed by atoms with Gasteiger partial charge in [0.15, 0.2) is 10.4 Å². The topological polar surface area (TPSA) is 79.8 Å². The first kappa shape index (κ1) is 13.5. The average molecular weight is 307 g/mol.